The number of imidazole rings is 1. The van der Waals surface area contributed by atoms with E-state index in [9.17, 15) is 0 Å². The smallest absolute Gasteiger partial charge is 0.106 e. The van der Waals surface area contributed by atoms with Gasteiger partial charge in [-0.2, -0.15) is 0 Å². The molecule has 1 unspecified atom stereocenters. The summed E-state index contributed by atoms with van der Waals surface area (Å²) in [6.45, 7) is 1.95. The predicted molar refractivity (Wildman–Crippen MR) is 94.9 cm³/mol. The highest BCUT2D eigenvalue weighted by molar-refractivity contribution is 5.58. The van der Waals surface area contributed by atoms with Gasteiger partial charge in [0.05, 0.1) is 19.6 Å². The van der Waals surface area contributed by atoms with Crippen molar-refractivity contribution in [2.75, 3.05) is 18.9 Å². The van der Waals surface area contributed by atoms with Crippen LogP contribution in [0.2, 0.25) is 0 Å². The number of hydrogen-bond donors (Lipinski definition) is 2. The standard InChI is InChI=1S/C19H22N4/c1-22-13-9-18(15-22)4-3-17-5-7-19(8-6-17)21-10-2-12-23-14-11-20-16-23/h3-9,11,13-16,21H,2,10,12H2,1H3/p+1/b4-3+. The molecule has 0 bridgehead atoms. The molecule has 0 radical (unpaired) electrons. The van der Waals surface area contributed by atoms with E-state index in [-0.39, 0.29) is 0 Å². The zero-order valence-corrected chi connectivity index (χ0v) is 13.4. The molecule has 1 aliphatic heterocycles. The molecule has 2 heterocycles. The summed E-state index contributed by atoms with van der Waals surface area (Å²) in [6, 6.07) is 8.55. The van der Waals surface area contributed by atoms with Gasteiger partial charge in [-0.15, -0.1) is 0 Å². The molecule has 4 nitrogen and oxygen atoms in total. The number of allylic oxidation sites excluding steroid dienone is 3. The number of nitrogens with zero attached hydrogens (tertiary/aromatic N) is 2. The number of aromatic nitrogens is 2. The topological polar surface area (TPSA) is 34.3 Å². The van der Waals surface area contributed by atoms with Crippen LogP contribution >= 0.6 is 0 Å². The maximum atomic E-state index is 4.05. The minimum absolute atomic E-state index is 0.958. The Morgan fingerprint density at radius 1 is 1.22 bits per heavy atom. The normalized spacial score (nSPS) is 16.9. The fourth-order valence-electron chi connectivity index (χ4n) is 2.51. The van der Waals surface area contributed by atoms with Gasteiger partial charge in [0.15, 0.2) is 0 Å². The van der Waals surface area contributed by atoms with Crippen LogP contribution in [0.4, 0.5) is 5.69 Å². The molecule has 1 aromatic carbocycles. The Kier molecular flexibility index (Phi) is 5.06. The fraction of sp³-hybridized carbons (Fsp3) is 0.211. The number of anilines is 1. The average molecular weight is 307 g/mol. The van der Waals surface area contributed by atoms with Gasteiger partial charge in [0.1, 0.15) is 6.20 Å². The molecule has 0 saturated heterocycles. The van der Waals surface area contributed by atoms with Crippen LogP contribution in [0, 0.1) is 0 Å². The van der Waals surface area contributed by atoms with Gasteiger partial charge in [0.25, 0.3) is 0 Å². The number of benzene rings is 1. The van der Waals surface area contributed by atoms with E-state index in [2.05, 4.69) is 76.8 Å². The molecule has 0 amide bonds. The van der Waals surface area contributed by atoms with Crippen LogP contribution in [-0.2, 0) is 6.54 Å². The lowest BCUT2D eigenvalue weighted by atomic mass is 10.1. The molecule has 4 heteroatoms. The van der Waals surface area contributed by atoms with Gasteiger partial charge in [-0.1, -0.05) is 18.2 Å². The van der Waals surface area contributed by atoms with E-state index < -0.39 is 0 Å². The molecule has 2 aromatic rings. The first-order chi connectivity index (χ1) is 11.3. The molecule has 0 fully saturated rings. The van der Waals surface area contributed by atoms with Crippen molar-refractivity contribution < 1.29 is 4.90 Å². The minimum atomic E-state index is 0.958. The Morgan fingerprint density at radius 3 is 2.78 bits per heavy atom. The van der Waals surface area contributed by atoms with Crippen molar-refractivity contribution >= 4 is 11.8 Å². The first kappa shape index (κ1) is 15.3. The van der Waals surface area contributed by atoms with Crippen LogP contribution in [0.15, 0.2) is 73.1 Å². The molecule has 2 N–H and O–H groups in total. The maximum Gasteiger partial charge on any atom is 0.106 e. The van der Waals surface area contributed by atoms with Gasteiger partial charge >= 0.3 is 0 Å². The third kappa shape index (κ3) is 4.69. The van der Waals surface area contributed by atoms with Crippen molar-refractivity contribution in [3.63, 3.8) is 0 Å². The van der Waals surface area contributed by atoms with E-state index in [0.717, 1.165) is 25.2 Å². The van der Waals surface area contributed by atoms with Crippen molar-refractivity contribution in [1.82, 2.24) is 9.55 Å². The quantitative estimate of drug-likeness (QED) is 0.770. The van der Waals surface area contributed by atoms with Crippen LogP contribution in [0.5, 0.6) is 0 Å². The molecule has 0 aliphatic carbocycles. The molecule has 118 valence electrons. The highest BCUT2D eigenvalue weighted by Gasteiger charge is 2.02. The number of rotatable bonds is 7. The monoisotopic (exact) mass is 307 g/mol. The average Bonchev–Trinajstić information content (AvgIpc) is 3.22. The van der Waals surface area contributed by atoms with Gasteiger partial charge in [-0.25, -0.2) is 4.98 Å². The zero-order valence-electron chi connectivity index (χ0n) is 13.4. The lowest BCUT2D eigenvalue weighted by Gasteiger charge is -2.07. The van der Waals surface area contributed by atoms with Crippen LogP contribution in [-0.4, -0.2) is 23.1 Å². The van der Waals surface area contributed by atoms with Crippen molar-refractivity contribution in [2.24, 2.45) is 0 Å². The summed E-state index contributed by atoms with van der Waals surface area (Å²) in [4.78, 5) is 5.35. The summed E-state index contributed by atoms with van der Waals surface area (Å²) in [5, 5.41) is 3.45. The second kappa shape index (κ2) is 7.61. The number of hydrogen-bond acceptors (Lipinski definition) is 2. The Balaban J connectivity index is 1.44. The van der Waals surface area contributed by atoms with Gasteiger partial charge < -0.3 is 9.88 Å². The van der Waals surface area contributed by atoms with Gasteiger partial charge in [-0.3, -0.25) is 4.90 Å². The predicted octanol–water partition coefficient (Wildman–Crippen LogP) is 2.32. The molecule has 1 atom stereocenters. The Hall–Kier alpha value is -2.59. The van der Waals surface area contributed by atoms with E-state index in [1.807, 2.05) is 18.7 Å². The first-order valence-electron chi connectivity index (χ1n) is 8.01. The summed E-state index contributed by atoms with van der Waals surface area (Å²) >= 11 is 0. The lowest BCUT2D eigenvalue weighted by molar-refractivity contribution is -0.763. The summed E-state index contributed by atoms with van der Waals surface area (Å²) in [5.41, 5.74) is 3.63. The zero-order chi connectivity index (χ0) is 15.9. The van der Waals surface area contributed by atoms with Crippen LogP contribution in [0.3, 0.4) is 0 Å². The summed E-state index contributed by atoms with van der Waals surface area (Å²) in [5.74, 6) is 0. The molecule has 23 heavy (non-hydrogen) atoms. The third-order valence-electron chi connectivity index (χ3n) is 3.79. The summed E-state index contributed by atoms with van der Waals surface area (Å²) < 4.78 is 2.10. The number of aryl methyl sites for hydroxylation is 1. The van der Waals surface area contributed by atoms with Gasteiger partial charge in [0.2, 0.25) is 0 Å². The van der Waals surface area contributed by atoms with Crippen molar-refractivity contribution in [1.29, 1.82) is 0 Å². The molecule has 0 spiro atoms. The molecular formula is C19H23N4+. The molecule has 0 saturated carbocycles. The van der Waals surface area contributed by atoms with Crippen LogP contribution < -0.4 is 10.2 Å². The maximum absolute atomic E-state index is 4.05. The van der Waals surface area contributed by atoms with Gasteiger partial charge in [0, 0.05) is 42.8 Å². The summed E-state index contributed by atoms with van der Waals surface area (Å²) in [6.07, 6.45) is 17.5. The highest BCUT2D eigenvalue weighted by atomic mass is 15.1. The number of quaternary nitrogens is 1. The molecule has 1 aromatic heterocycles. The summed E-state index contributed by atoms with van der Waals surface area (Å²) in [7, 11) is 2.12. The Labute approximate surface area is 137 Å². The van der Waals surface area contributed by atoms with E-state index in [1.165, 1.54) is 16.0 Å². The number of nitrogens with one attached hydrogen (secondary N) is 2. The van der Waals surface area contributed by atoms with Gasteiger partial charge in [-0.05, 0) is 30.2 Å². The van der Waals surface area contributed by atoms with Crippen molar-refractivity contribution in [3.8, 4) is 0 Å². The Bertz CT molecular complexity index is 693. The van der Waals surface area contributed by atoms with Crippen LogP contribution in [0.1, 0.15) is 12.0 Å². The molecule has 3 rings (SSSR count). The third-order valence-corrected chi connectivity index (χ3v) is 3.79. The van der Waals surface area contributed by atoms with E-state index in [4.69, 9.17) is 0 Å². The minimum Gasteiger partial charge on any atom is -0.385 e. The van der Waals surface area contributed by atoms with E-state index in [1.54, 1.807) is 0 Å². The van der Waals surface area contributed by atoms with E-state index in [0.29, 0.717) is 0 Å². The highest BCUT2D eigenvalue weighted by Crippen LogP contribution is 2.12. The van der Waals surface area contributed by atoms with Crippen molar-refractivity contribution in [2.45, 2.75) is 13.0 Å². The van der Waals surface area contributed by atoms with E-state index >= 15 is 0 Å². The lowest BCUT2D eigenvalue weighted by Crippen LogP contribution is -2.98. The SMILES string of the molecule is C[NH+]1C=CC(/C=C/c2ccc(NCCCn3ccnc3)cc2)=C1. The fourth-order valence-corrected chi connectivity index (χ4v) is 2.51. The largest absolute Gasteiger partial charge is 0.385 e. The second-order valence-corrected chi connectivity index (χ2v) is 5.76. The Morgan fingerprint density at radius 2 is 2.09 bits per heavy atom. The second-order valence-electron chi connectivity index (χ2n) is 5.76. The van der Waals surface area contributed by atoms with Crippen molar-refractivity contribution in [3.05, 3.63) is 78.7 Å². The molecular weight excluding hydrogens is 284 g/mol. The molecule has 1 aliphatic rings. The van der Waals surface area contributed by atoms with Crippen LogP contribution in [0.25, 0.3) is 6.08 Å². The first-order valence-corrected chi connectivity index (χ1v) is 8.01.